The minimum atomic E-state index is 0.604. The van der Waals surface area contributed by atoms with Gasteiger partial charge in [0.2, 0.25) is 0 Å². The Hall–Kier alpha value is -5.46. The van der Waals surface area contributed by atoms with Crippen molar-refractivity contribution in [2.24, 2.45) is 0 Å². The van der Waals surface area contributed by atoms with Gasteiger partial charge in [-0.25, -0.2) is 0 Å². The summed E-state index contributed by atoms with van der Waals surface area (Å²) >= 11 is 0. The Balaban J connectivity index is 1.12. The fourth-order valence-electron chi connectivity index (χ4n) is 5.67. The number of unbranched alkanes of at least 4 members (excludes halogenated alkanes) is 8. The summed E-state index contributed by atoms with van der Waals surface area (Å²) in [4.78, 5) is 0. The lowest BCUT2D eigenvalue weighted by atomic mass is 10.0. The average Bonchev–Trinajstić information content (AvgIpc) is 3.20. The van der Waals surface area contributed by atoms with Crippen molar-refractivity contribution in [3.63, 3.8) is 0 Å². The van der Waals surface area contributed by atoms with E-state index in [1.165, 1.54) is 38.5 Å². The van der Waals surface area contributed by atoms with Crippen LogP contribution in [0.4, 0.5) is 0 Å². The molecule has 0 aliphatic heterocycles. The number of ether oxygens (including phenoxy) is 4. The molecule has 276 valence electrons. The normalized spacial score (nSPS) is 11.4. The van der Waals surface area contributed by atoms with Gasteiger partial charge in [-0.1, -0.05) is 76.6 Å². The van der Waals surface area contributed by atoms with Gasteiger partial charge in [0.1, 0.15) is 23.0 Å². The number of benzene rings is 4. The van der Waals surface area contributed by atoms with Gasteiger partial charge in [-0.2, -0.15) is 10.5 Å². The summed E-state index contributed by atoms with van der Waals surface area (Å²) < 4.78 is 23.6. The second kappa shape index (κ2) is 23.9. The van der Waals surface area contributed by atoms with E-state index < -0.39 is 0 Å². The molecular formula is C47H54N2O4. The Morgan fingerprint density at radius 3 is 0.981 bits per heavy atom. The molecule has 0 N–H and O–H groups in total. The van der Waals surface area contributed by atoms with E-state index >= 15 is 0 Å². The zero-order chi connectivity index (χ0) is 37.4. The summed E-state index contributed by atoms with van der Waals surface area (Å²) in [5.74, 6) is 3.29. The number of rotatable bonds is 24. The minimum Gasteiger partial charge on any atom is -0.494 e. The highest BCUT2D eigenvalue weighted by Gasteiger charge is 2.05. The molecule has 0 radical (unpaired) electrons. The quantitative estimate of drug-likeness (QED) is 0.0409. The van der Waals surface area contributed by atoms with Gasteiger partial charge in [-0.15, -0.1) is 0 Å². The Bertz CT molecular complexity index is 1630. The van der Waals surface area contributed by atoms with Gasteiger partial charge in [0, 0.05) is 0 Å². The molecule has 0 amide bonds. The fourth-order valence-corrected chi connectivity index (χ4v) is 5.67. The van der Waals surface area contributed by atoms with Gasteiger partial charge in [0.25, 0.3) is 0 Å². The second-order valence-corrected chi connectivity index (χ2v) is 13.1. The van der Waals surface area contributed by atoms with E-state index in [1.807, 2.05) is 109 Å². The van der Waals surface area contributed by atoms with Crippen molar-refractivity contribution in [2.75, 3.05) is 26.4 Å². The van der Waals surface area contributed by atoms with E-state index in [2.05, 4.69) is 26.0 Å². The van der Waals surface area contributed by atoms with Crippen molar-refractivity contribution in [1.82, 2.24) is 0 Å². The van der Waals surface area contributed by atoms with Crippen LogP contribution in [0, 0.1) is 22.7 Å². The van der Waals surface area contributed by atoms with Crippen molar-refractivity contribution in [1.29, 1.82) is 10.5 Å². The summed E-state index contributed by atoms with van der Waals surface area (Å²) in [5.41, 5.74) is 4.83. The van der Waals surface area contributed by atoms with Crippen molar-refractivity contribution in [3.8, 4) is 35.1 Å². The molecule has 4 aromatic carbocycles. The lowest BCUT2D eigenvalue weighted by molar-refractivity contribution is 0.279. The first-order chi connectivity index (χ1) is 26.1. The molecule has 53 heavy (non-hydrogen) atoms. The monoisotopic (exact) mass is 710 g/mol. The summed E-state index contributed by atoms with van der Waals surface area (Å²) in [6.45, 7) is 7.10. The van der Waals surface area contributed by atoms with Crippen molar-refractivity contribution in [2.45, 2.75) is 84.5 Å². The van der Waals surface area contributed by atoms with Crippen molar-refractivity contribution < 1.29 is 18.9 Å². The molecule has 0 aliphatic carbocycles. The van der Waals surface area contributed by atoms with E-state index in [0.29, 0.717) is 24.4 Å². The van der Waals surface area contributed by atoms with E-state index in [1.54, 1.807) is 0 Å². The Kier molecular flexibility index (Phi) is 18.2. The third-order valence-corrected chi connectivity index (χ3v) is 8.81. The first-order valence-corrected chi connectivity index (χ1v) is 19.3. The topological polar surface area (TPSA) is 84.5 Å². The van der Waals surface area contributed by atoms with Gasteiger partial charge in [-0.3, -0.25) is 0 Å². The molecule has 0 spiro atoms. The third-order valence-electron chi connectivity index (χ3n) is 8.81. The van der Waals surface area contributed by atoms with Crippen LogP contribution in [0.1, 0.15) is 107 Å². The smallest absolute Gasteiger partial charge is 0.119 e. The van der Waals surface area contributed by atoms with E-state index in [4.69, 9.17) is 18.9 Å². The van der Waals surface area contributed by atoms with Crippen molar-refractivity contribution in [3.05, 3.63) is 119 Å². The number of nitriles is 2. The van der Waals surface area contributed by atoms with Crippen LogP contribution >= 0.6 is 0 Å². The van der Waals surface area contributed by atoms with Crippen LogP contribution in [0.3, 0.4) is 0 Å². The van der Waals surface area contributed by atoms with Crippen LogP contribution in [0.5, 0.6) is 23.0 Å². The van der Waals surface area contributed by atoms with Gasteiger partial charge in [-0.05, 0) is 139 Å². The number of hydrogen-bond donors (Lipinski definition) is 0. The molecule has 0 unspecified atom stereocenters. The first-order valence-electron chi connectivity index (χ1n) is 19.3. The molecule has 0 saturated heterocycles. The predicted molar refractivity (Wildman–Crippen MR) is 217 cm³/mol. The van der Waals surface area contributed by atoms with Gasteiger partial charge >= 0.3 is 0 Å². The molecule has 0 saturated carbocycles. The zero-order valence-electron chi connectivity index (χ0n) is 31.5. The van der Waals surface area contributed by atoms with Crippen LogP contribution in [-0.4, -0.2) is 26.4 Å². The molecular weight excluding hydrogens is 657 g/mol. The highest BCUT2D eigenvalue weighted by atomic mass is 16.5. The highest BCUT2D eigenvalue weighted by molar-refractivity contribution is 5.90. The molecule has 4 rings (SSSR count). The van der Waals surface area contributed by atoms with Gasteiger partial charge in [0.05, 0.1) is 49.7 Å². The number of nitrogens with zero attached hydrogens (tertiary/aromatic N) is 2. The van der Waals surface area contributed by atoms with Gasteiger partial charge in [0.15, 0.2) is 0 Å². The maximum atomic E-state index is 9.78. The predicted octanol–water partition coefficient (Wildman–Crippen LogP) is 12.4. The third kappa shape index (κ3) is 15.0. The molecule has 0 aliphatic rings. The van der Waals surface area contributed by atoms with Gasteiger partial charge < -0.3 is 18.9 Å². The number of allylic oxidation sites excluding steroid dienone is 2. The lowest BCUT2D eigenvalue weighted by Crippen LogP contribution is -2.01. The lowest BCUT2D eigenvalue weighted by Gasteiger charge is -2.09. The zero-order valence-corrected chi connectivity index (χ0v) is 31.5. The second-order valence-electron chi connectivity index (χ2n) is 13.1. The maximum Gasteiger partial charge on any atom is 0.119 e. The minimum absolute atomic E-state index is 0.604. The molecule has 0 heterocycles. The number of hydrogen-bond acceptors (Lipinski definition) is 6. The largest absolute Gasteiger partial charge is 0.494 e. The van der Waals surface area contributed by atoms with Crippen molar-refractivity contribution >= 4 is 23.3 Å². The van der Waals surface area contributed by atoms with E-state index in [0.717, 1.165) is 90.6 Å². The van der Waals surface area contributed by atoms with Crippen LogP contribution in [0.25, 0.3) is 23.3 Å². The summed E-state index contributed by atoms with van der Waals surface area (Å²) in [7, 11) is 0. The maximum absolute atomic E-state index is 9.78. The molecule has 4 aromatic rings. The van der Waals surface area contributed by atoms with E-state index in [9.17, 15) is 10.5 Å². The van der Waals surface area contributed by atoms with Crippen LogP contribution in [0.2, 0.25) is 0 Å². The van der Waals surface area contributed by atoms with E-state index in [-0.39, 0.29) is 0 Å². The summed E-state index contributed by atoms with van der Waals surface area (Å²) in [6, 6.07) is 35.8. The van der Waals surface area contributed by atoms with Crippen LogP contribution in [-0.2, 0) is 0 Å². The Labute approximate surface area is 317 Å². The molecule has 6 heteroatoms. The molecule has 0 atom stereocenters. The highest BCUT2D eigenvalue weighted by Crippen LogP contribution is 2.24. The first kappa shape index (κ1) is 40.3. The summed E-state index contributed by atoms with van der Waals surface area (Å²) in [6.07, 6.45) is 16.0. The molecule has 0 bridgehead atoms. The van der Waals surface area contributed by atoms with Crippen LogP contribution < -0.4 is 18.9 Å². The summed E-state index contributed by atoms with van der Waals surface area (Å²) in [5, 5.41) is 19.6. The fraction of sp³-hybridized carbons (Fsp3) is 0.362. The molecule has 0 fully saturated rings. The average molecular weight is 711 g/mol. The van der Waals surface area contributed by atoms with Crippen LogP contribution in [0.15, 0.2) is 97.1 Å². The Morgan fingerprint density at radius 2 is 0.698 bits per heavy atom. The Morgan fingerprint density at radius 1 is 0.415 bits per heavy atom. The molecule has 6 nitrogen and oxygen atoms in total. The standard InChI is InChI=1S/C47H54N2O4/c1-3-5-7-10-30-52-46-26-18-40(19-27-46)42(36-48)34-38-14-22-44(23-15-38)50-32-12-9-13-33-51-45-24-16-39(17-25-45)35-43(37-49)41-20-28-47(29-21-41)53-31-11-8-6-4-2/h14-29,34-35H,3-13,30-33H2,1-2H3/b42-34-,43-35+. The SMILES string of the molecule is CCCCCCOc1ccc(/C(C#N)=C/c2ccc(OCCCCCOc3ccc(/C=C(/C#N)c4ccc(OCCCCCC)cc4)cc3)cc2)cc1. The molecule has 0 aromatic heterocycles.